The molecule has 0 saturated heterocycles. The predicted molar refractivity (Wildman–Crippen MR) is 277 cm³/mol. The number of aromatic nitrogens is 4. The Morgan fingerprint density at radius 1 is 0.313 bits per heavy atom. The van der Waals surface area contributed by atoms with Crippen LogP contribution in [0.3, 0.4) is 0 Å². The fourth-order valence-electron chi connectivity index (χ4n) is 10.7. The van der Waals surface area contributed by atoms with Gasteiger partial charge in [0.25, 0.3) is 0 Å². The number of nitriles is 1. The van der Waals surface area contributed by atoms with Crippen LogP contribution in [0, 0.1) is 11.3 Å². The Labute approximate surface area is 384 Å². The Kier molecular flexibility index (Phi) is 7.98. The number of para-hydroxylation sites is 2. The normalized spacial score (nSPS) is 11.9. The van der Waals surface area contributed by atoms with E-state index in [1.54, 1.807) is 0 Å². The minimum Gasteiger partial charge on any atom is -0.309 e. The molecule has 0 fully saturated rings. The van der Waals surface area contributed by atoms with Gasteiger partial charge < -0.3 is 4.57 Å². The summed E-state index contributed by atoms with van der Waals surface area (Å²) in [4.78, 5) is 16.1. The molecule has 5 heteroatoms. The summed E-state index contributed by atoms with van der Waals surface area (Å²) in [6.45, 7) is 0. The lowest BCUT2D eigenvalue weighted by molar-refractivity contribution is 1.08. The highest BCUT2D eigenvalue weighted by Crippen LogP contribution is 2.45. The van der Waals surface area contributed by atoms with Crippen LogP contribution in [0.15, 0.2) is 212 Å². The van der Waals surface area contributed by atoms with Gasteiger partial charge in [-0.25, -0.2) is 15.0 Å². The molecule has 0 atom stereocenters. The Morgan fingerprint density at radius 2 is 0.806 bits per heavy atom. The van der Waals surface area contributed by atoms with Gasteiger partial charge >= 0.3 is 0 Å². The van der Waals surface area contributed by atoms with Gasteiger partial charge in [-0.05, 0) is 142 Å². The van der Waals surface area contributed by atoms with E-state index in [4.69, 9.17) is 15.0 Å². The zero-order valence-corrected chi connectivity index (χ0v) is 35.9. The predicted octanol–water partition coefficient (Wildman–Crippen LogP) is 15.9. The molecule has 0 N–H and O–H groups in total. The van der Waals surface area contributed by atoms with E-state index in [9.17, 15) is 5.26 Å². The van der Waals surface area contributed by atoms with Gasteiger partial charge in [0.2, 0.25) is 0 Å². The van der Waals surface area contributed by atoms with Crippen LogP contribution in [0.5, 0.6) is 0 Å². The molecule has 67 heavy (non-hydrogen) atoms. The number of fused-ring (bicyclic) bond motifs is 5. The number of nitrogens with zero attached hydrogens (tertiary/aromatic N) is 5. The van der Waals surface area contributed by atoms with E-state index in [2.05, 4.69) is 193 Å². The van der Waals surface area contributed by atoms with Crippen molar-refractivity contribution in [1.82, 2.24) is 19.5 Å². The second kappa shape index (κ2) is 14.4. The summed E-state index contributed by atoms with van der Waals surface area (Å²) in [7, 11) is 0. The van der Waals surface area contributed by atoms with E-state index in [1.165, 1.54) is 53.9 Å². The van der Waals surface area contributed by atoms with Crippen LogP contribution in [0.2, 0.25) is 0 Å². The Balaban J connectivity index is 1.05. The third-order valence-corrected chi connectivity index (χ3v) is 13.7. The molecule has 0 aliphatic rings. The van der Waals surface area contributed by atoms with Crippen LogP contribution in [-0.4, -0.2) is 19.5 Å². The molecule has 2 heterocycles. The van der Waals surface area contributed by atoms with Crippen LogP contribution in [0.1, 0.15) is 5.56 Å². The van der Waals surface area contributed by atoms with E-state index in [-0.39, 0.29) is 0 Å². The number of rotatable bonds is 5. The molecule has 0 aliphatic carbocycles. The van der Waals surface area contributed by atoms with Crippen molar-refractivity contribution in [2.45, 2.75) is 0 Å². The van der Waals surface area contributed by atoms with E-state index < -0.39 is 0 Å². The maximum atomic E-state index is 9.50. The van der Waals surface area contributed by atoms with Crippen molar-refractivity contribution in [1.29, 1.82) is 5.26 Å². The van der Waals surface area contributed by atoms with Crippen molar-refractivity contribution < 1.29 is 0 Å². The summed E-state index contributed by atoms with van der Waals surface area (Å²) in [5.74, 6) is 1.76. The monoisotopic (exact) mass is 849 g/mol. The van der Waals surface area contributed by atoms with Crippen molar-refractivity contribution >= 4 is 86.4 Å². The maximum Gasteiger partial charge on any atom is 0.164 e. The summed E-state index contributed by atoms with van der Waals surface area (Å²) >= 11 is 0. The van der Waals surface area contributed by atoms with Crippen molar-refractivity contribution in [2.75, 3.05) is 0 Å². The quantitative estimate of drug-likeness (QED) is 0.162. The third-order valence-electron chi connectivity index (χ3n) is 13.7. The van der Waals surface area contributed by atoms with Gasteiger partial charge in [-0.3, -0.25) is 0 Å². The molecule has 14 rings (SSSR count). The van der Waals surface area contributed by atoms with Crippen LogP contribution in [0.25, 0.3) is 137 Å². The van der Waals surface area contributed by atoms with Gasteiger partial charge in [0.05, 0.1) is 22.7 Å². The van der Waals surface area contributed by atoms with E-state index in [0.717, 1.165) is 66.1 Å². The lowest BCUT2D eigenvalue weighted by Gasteiger charge is -2.17. The molecule has 0 bridgehead atoms. The molecule has 14 aromatic rings. The zero-order chi connectivity index (χ0) is 44.2. The van der Waals surface area contributed by atoms with Crippen LogP contribution in [0.4, 0.5) is 0 Å². The minimum atomic E-state index is 0.576. The third kappa shape index (κ3) is 5.70. The summed E-state index contributed by atoms with van der Waals surface area (Å²) in [5.41, 5.74) is 8.67. The first-order valence-corrected chi connectivity index (χ1v) is 22.6. The number of hydrogen-bond acceptors (Lipinski definition) is 4. The van der Waals surface area contributed by atoms with Gasteiger partial charge in [0.15, 0.2) is 17.5 Å². The molecule has 5 nitrogen and oxygen atoms in total. The van der Waals surface area contributed by atoms with Crippen molar-refractivity contribution in [3.8, 4) is 57.0 Å². The van der Waals surface area contributed by atoms with Gasteiger partial charge in [0, 0.05) is 33.2 Å². The Bertz CT molecular complexity index is 4380. The molecule has 12 aromatic carbocycles. The summed E-state index contributed by atoms with van der Waals surface area (Å²) in [6, 6.07) is 77.6. The number of hydrogen-bond donors (Lipinski definition) is 0. The zero-order valence-electron chi connectivity index (χ0n) is 35.9. The fourth-order valence-corrected chi connectivity index (χ4v) is 10.7. The Hall–Kier alpha value is -9.24. The largest absolute Gasteiger partial charge is 0.309 e. The second-order valence-corrected chi connectivity index (χ2v) is 17.5. The molecule has 0 spiro atoms. The average molecular weight is 850 g/mol. The molecular weight excluding hydrogens is 815 g/mol. The average Bonchev–Trinajstić information content (AvgIpc) is 3.73. The van der Waals surface area contributed by atoms with E-state index in [1.807, 2.05) is 30.3 Å². The molecule has 0 radical (unpaired) electrons. The van der Waals surface area contributed by atoms with E-state index in [0.29, 0.717) is 23.0 Å². The molecule has 0 saturated carbocycles. The topological polar surface area (TPSA) is 67.4 Å². The van der Waals surface area contributed by atoms with Gasteiger partial charge in [-0.2, -0.15) is 5.26 Å². The highest BCUT2D eigenvalue weighted by atomic mass is 15.0. The van der Waals surface area contributed by atoms with Crippen molar-refractivity contribution in [3.63, 3.8) is 0 Å². The smallest absolute Gasteiger partial charge is 0.164 e. The number of benzene rings is 11. The summed E-state index contributed by atoms with van der Waals surface area (Å²) in [5, 5.41) is 26.4. The standard InChI is InChI=1S/C62H35N5/c63-36-37-22-24-38(25-23-37)42-13-6-14-44(32-42)60-64-61(45-30-31-55-52(34-45)48-17-4-5-21-54(48)67(55)47-15-2-1-3-16-47)66-62(65-60)46-33-43-29-28-41-11-8-19-50-49-18-7-10-39-26-27-40-12-9-20-51(58(40)56(39)49)53(35-46)59(43)57(41)50/h1-35H. The molecule has 0 unspecified atom stereocenters. The molecule has 0 amide bonds. The summed E-state index contributed by atoms with van der Waals surface area (Å²) < 4.78 is 2.33. The van der Waals surface area contributed by atoms with Crippen molar-refractivity contribution in [3.05, 3.63) is 218 Å². The first-order valence-electron chi connectivity index (χ1n) is 22.6. The van der Waals surface area contributed by atoms with Crippen molar-refractivity contribution in [2.24, 2.45) is 0 Å². The lowest BCUT2D eigenvalue weighted by atomic mass is 9.87. The SMILES string of the molecule is N#Cc1ccc(-c2cccc(-c3nc(-c4cc5ccc6cccc7c8cccc9ccc%10cccc(c(c4)c5c67)c%10c98)nc(-c4ccc5c(c4)c4ccccc4n5-c4ccccc4)n3)c2)cc1. The van der Waals surface area contributed by atoms with Crippen LogP contribution < -0.4 is 0 Å². The van der Waals surface area contributed by atoms with Crippen LogP contribution >= 0.6 is 0 Å². The second-order valence-electron chi connectivity index (χ2n) is 17.5. The van der Waals surface area contributed by atoms with Crippen LogP contribution in [-0.2, 0) is 0 Å². The summed E-state index contributed by atoms with van der Waals surface area (Å²) in [6.07, 6.45) is 0. The molecule has 0 aliphatic heterocycles. The first-order chi connectivity index (χ1) is 33.1. The molecular formula is C62H35N5. The maximum absolute atomic E-state index is 9.50. The first kappa shape index (κ1) is 37.2. The van der Waals surface area contributed by atoms with Gasteiger partial charge in [-0.15, -0.1) is 0 Å². The van der Waals surface area contributed by atoms with Gasteiger partial charge in [0.1, 0.15) is 0 Å². The highest BCUT2D eigenvalue weighted by molar-refractivity contribution is 6.37. The van der Waals surface area contributed by atoms with E-state index >= 15 is 0 Å². The van der Waals surface area contributed by atoms with Gasteiger partial charge in [-0.1, -0.05) is 146 Å². The molecule has 308 valence electrons. The minimum absolute atomic E-state index is 0.576. The lowest BCUT2D eigenvalue weighted by Crippen LogP contribution is -2.01. The highest BCUT2D eigenvalue weighted by Gasteiger charge is 2.20. The Morgan fingerprint density at radius 3 is 1.48 bits per heavy atom. The fraction of sp³-hybridized carbons (Fsp3) is 0. The molecule has 2 aromatic heterocycles.